The smallest absolute Gasteiger partial charge is 0.0371 e. The van der Waals surface area contributed by atoms with Gasteiger partial charge in [-0.15, -0.1) is 0 Å². The van der Waals surface area contributed by atoms with Gasteiger partial charge in [-0.05, 0) is 31.5 Å². The summed E-state index contributed by atoms with van der Waals surface area (Å²) >= 11 is 0. The van der Waals surface area contributed by atoms with E-state index in [0.717, 1.165) is 24.8 Å². The standard InChI is InChI=1S/C12H19N3/c1-2-15(12-3-4-12)10-9-14-11-5-7-13-8-6-11/h5-8,12H,2-4,9-10H2,1H3,(H,13,14). The van der Waals surface area contributed by atoms with Crippen LogP contribution in [-0.2, 0) is 0 Å². The van der Waals surface area contributed by atoms with Crippen molar-refractivity contribution < 1.29 is 0 Å². The largest absolute Gasteiger partial charge is 0.384 e. The number of hydrogen-bond acceptors (Lipinski definition) is 3. The summed E-state index contributed by atoms with van der Waals surface area (Å²) in [5.74, 6) is 0. The number of pyridine rings is 1. The highest BCUT2D eigenvalue weighted by Crippen LogP contribution is 2.25. The molecule has 0 aliphatic heterocycles. The monoisotopic (exact) mass is 205 g/mol. The van der Waals surface area contributed by atoms with Crippen molar-refractivity contribution in [3.05, 3.63) is 24.5 Å². The molecule has 3 heteroatoms. The van der Waals surface area contributed by atoms with Gasteiger partial charge in [-0.1, -0.05) is 6.92 Å². The van der Waals surface area contributed by atoms with Gasteiger partial charge in [0.2, 0.25) is 0 Å². The summed E-state index contributed by atoms with van der Waals surface area (Å²) in [5.41, 5.74) is 1.16. The normalized spacial score (nSPS) is 15.6. The van der Waals surface area contributed by atoms with Gasteiger partial charge in [-0.25, -0.2) is 0 Å². The highest BCUT2D eigenvalue weighted by molar-refractivity contribution is 5.40. The lowest BCUT2D eigenvalue weighted by molar-refractivity contribution is 0.289. The van der Waals surface area contributed by atoms with E-state index in [4.69, 9.17) is 0 Å². The Morgan fingerprint density at radius 3 is 2.73 bits per heavy atom. The first-order valence-electron chi connectivity index (χ1n) is 5.78. The van der Waals surface area contributed by atoms with Gasteiger partial charge in [-0.2, -0.15) is 0 Å². The van der Waals surface area contributed by atoms with Crippen LogP contribution in [0.1, 0.15) is 19.8 Å². The van der Waals surface area contributed by atoms with Crippen LogP contribution in [0.5, 0.6) is 0 Å². The molecule has 1 aliphatic rings. The zero-order valence-electron chi connectivity index (χ0n) is 9.32. The van der Waals surface area contributed by atoms with Crippen LogP contribution in [0.2, 0.25) is 0 Å². The number of aromatic nitrogens is 1. The lowest BCUT2D eigenvalue weighted by Crippen LogP contribution is -2.30. The van der Waals surface area contributed by atoms with Crippen molar-refractivity contribution in [2.75, 3.05) is 25.0 Å². The van der Waals surface area contributed by atoms with E-state index in [1.807, 2.05) is 24.5 Å². The highest BCUT2D eigenvalue weighted by atomic mass is 15.2. The molecule has 2 rings (SSSR count). The summed E-state index contributed by atoms with van der Waals surface area (Å²) in [6.07, 6.45) is 6.42. The van der Waals surface area contributed by atoms with E-state index in [1.165, 1.54) is 19.4 Å². The number of hydrogen-bond donors (Lipinski definition) is 1. The predicted molar refractivity (Wildman–Crippen MR) is 63.0 cm³/mol. The van der Waals surface area contributed by atoms with Crippen LogP contribution in [0.15, 0.2) is 24.5 Å². The molecule has 0 amide bonds. The molecule has 15 heavy (non-hydrogen) atoms. The molecule has 0 atom stereocenters. The number of anilines is 1. The van der Waals surface area contributed by atoms with Crippen molar-refractivity contribution in [1.82, 2.24) is 9.88 Å². The Balaban J connectivity index is 1.69. The van der Waals surface area contributed by atoms with Crippen LogP contribution in [-0.4, -0.2) is 35.6 Å². The van der Waals surface area contributed by atoms with Crippen molar-refractivity contribution in [2.24, 2.45) is 0 Å². The average Bonchev–Trinajstić information content (AvgIpc) is 3.10. The van der Waals surface area contributed by atoms with E-state index in [2.05, 4.69) is 22.1 Å². The molecular formula is C12H19N3. The van der Waals surface area contributed by atoms with Crippen molar-refractivity contribution >= 4 is 5.69 Å². The maximum atomic E-state index is 3.99. The SMILES string of the molecule is CCN(CCNc1ccncc1)C1CC1. The predicted octanol–water partition coefficient (Wildman–Crippen LogP) is 1.98. The van der Waals surface area contributed by atoms with Gasteiger partial charge in [0.25, 0.3) is 0 Å². The van der Waals surface area contributed by atoms with Crippen LogP contribution in [0.4, 0.5) is 5.69 Å². The van der Waals surface area contributed by atoms with Crippen LogP contribution >= 0.6 is 0 Å². The highest BCUT2D eigenvalue weighted by Gasteiger charge is 2.26. The lowest BCUT2D eigenvalue weighted by atomic mass is 10.4. The molecule has 0 spiro atoms. The van der Waals surface area contributed by atoms with Gasteiger partial charge in [0.15, 0.2) is 0 Å². The second-order valence-corrected chi connectivity index (χ2v) is 4.02. The minimum atomic E-state index is 0.870. The quantitative estimate of drug-likeness (QED) is 0.769. The molecule has 1 heterocycles. The van der Waals surface area contributed by atoms with Gasteiger partial charge < -0.3 is 5.32 Å². The fourth-order valence-corrected chi connectivity index (χ4v) is 1.85. The third-order valence-electron chi connectivity index (χ3n) is 2.88. The maximum absolute atomic E-state index is 3.99. The van der Waals surface area contributed by atoms with Crippen molar-refractivity contribution in [3.8, 4) is 0 Å². The lowest BCUT2D eigenvalue weighted by Gasteiger charge is -2.20. The summed E-state index contributed by atoms with van der Waals surface area (Å²) in [6, 6.07) is 4.88. The Labute approximate surface area is 91.5 Å². The zero-order chi connectivity index (χ0) is 10.5. The first-order chi connectivity index (χ1) is 7.40. The number of nitrogens with zero attached hydrogens (tertiary/aromatic N) is 2. The van der Waals surface area contributed by atoms with E-state index < -0.39 is 0 Å². The van der Waals surface area contributed by atoms with E-state index in [1.54, 1.807) is 0 Å². The maximum Gasteiger partial charge on any atom is 0.0371 e. The van der Waals surface area contributed by atoms with Gasteiger partial charge >= 0.3 is 0 Å². The molecule has 0 aromatic carbocycles. The second kappa shape index (κ2) is 5.12. The summed E-state index contributed by atoms with van der Waals surface area (Å²) in [7, 11) is 0. The van der Waals surface area contributed by atoms with Gasteiger partial charge in [0, 0.05) is 37.2 Å². The molecule has 1 aromatic rings. The first kappa shape index (κ1) is 10.4. The Morgan fingerprint density at radius 2 is 2.13 bits per heavy atom. The van der Waals surface area contributed by atoms with E-state index in [0.29, 0.717) is 0 Å². The molecule has 3 nitrogen and oxygen atoms in total. The zero-order valence-corrected chi connectivity index (χ0v) is 9.32. The van der Waals surface area contributed by atoms with Crippen molar-refractivity contribution in [1.29, 1.82) is 0 Å². The summed E-state index contributed by atoms with van der Waals surface area (Å²) < 4.78 is 0. The Bertz CT molecular complexity index is 282. The summed E-state index contributed by atoms with van der Waals surface area (Å²) in [4.78, 5) is 6.54. The Morgan fingerprint density at radius 1 is 1.40 bits per heavy atom. The van der Waals surface area contributed by atoms with Crippen LogP contribution in [0, 0.1) is 0 Å². The van der Waals surface area contributed by atoms with Crippen molar-refractivity contribution in [3.63, 3.8) is 0 Å². The van der Waals surface area contributed by atoms with Crippen LogP contribution in [0.3, 0.4) is 0 Å². The molecule has 0 radical (unpaired) electrons. The molecule has 0 saturated heterocycles. The van der Waals surface area contributed by atoms with Crippen molar-refractivity contribution in [2.45, 2.75) is 25.8 Å². The molecule has 1 N–H and O–H groups in total. The summed E-state index contributed by atoms with van der Waals surface area (Å²) in [5, 5.41) is 3.41. The Kier molecular flexibility index (Phi) is 3.56. The molecule has 1 fully saturated rings. The van der Waals surface area contributed by atoms with E-state index in [-0.39, 0.29) is 0 Å². The van der Waals surface area contributed by atoms with Gasteiger partial charge in [-0.3, -0.25) is 9.88 Å². The second-order valence-electron chi connectivity index (χ2n) is 4.02. The minimum absolute atomic E-state index is 0.870. The fourth-order valence-electron chi connectivity index (χ4n) is 1.85. The third-order valence-corrected chi connectivity index (χ3v) is 2.88. The molecule has 1 saturated carbocycles. The fraction of sp³-hybridized carbons (Fsp3) is 0.583. The summed E-state index contributed by atoms with van der Waals surface area (Å²) in [6.45, 7) is 5.57. The first-order valence-corrected chi connectivity index (χ1v) is 5.78. The van der Waals surface area contributed by atoms with E-state index in [9.17, 15) is 0 Å². The number of rotatable bonds is 6. The average molecular weight is 205 g/mol. The minimum Gasteiger partial charge on any atom is -0.384 e. The van der Waals surface area contributed by atoms with Crippen LogP contribution in [0.25, 0.3) is 0 Å². The van der Waals surface area contributed by atoms with E-state index >= 15 is 0 Å². The Hall–Kier alpha value is -1.09. The topological polar surface area (TPSA) is 28.2 Å². The molecule has 0 bridgehead atoms. The molecule has 1 aromatic heterocycles. The third kappa shape index (κ3) is 3.20. The van der Waals surface area contributed by atoms with Crippen LogP contribution < -0.4 is 5.32 Å². The van der Waals surface area contributed by atoms with Gasteiger partial charge in [0.05, 0.1) is 0 Å². The molecule has 0 unspecified atom stereocenters. The molecule has 1 aliphatic carbocycles. The van der Waals surface area contributed by atoms with Gasteiger partial charge in [0.1, 0.15) is 0 Å². The molecule has 82 valence electrons. The molecular weight excluding hydrogens is 186 g/mol. The number of nitrogens with one attached hydrogen (secondary N) is 1. The number of likely N-dealkylation sites (N-methyl/N-ethyl adjacent to an activating group) is 1.